The summed E-state index contributed by atoms with van der Waals surface area (Å²) < 4.78 is 38.8. The van der Waals surface area contributed by atoms with Crippen molar-refractivity contribution in [1.29, 1.82) is 0 Å². The van der Waals surface area contributed by atoms with Crippen molar-refractivity contribution in [2.24, 2.45) is 0 Å². The summed E-state index contributed by atoms with van der Waals surface area (Å²) in [5.74, 6) is -0.825. The van der Waals surface area contributed by atoms with Gasteiger partial charge in [0.1, 0.15) is 0 Å². The molecule has 0 aliphatic rings. The zero-order valence-corrected chi connectivity index (χ0v) is 12.4. The number of rotatable bonds is 5. The Hall–Kier alpha value is -2.56. The first kappa shape index (κ1) is 15.8. The summed E-state index contributed by atoms with van der Waals surface area (Å²) >= 11 is 0. The second kappa shape index (κ2) is 6.05. The Morgan fingerprint density at radius 3 is 2.73 bits per heavy atom. The molecule has 9 nitrogen and oxygen atoms in total. The maximum atomic E-state index is 12.4. The molecule has 1 N–H and O–H groups in total. The molecule has 2 heterocycles. The second-order valence-electron chi connectivity index (χ2n) is 4.52. The van der Waals surface area contributed by atoms with Crippen molar-refractivity contribution in [3.8, 4) is 5.75 Å². The molecule has 0 aromatic carbocycles. The number of pyridine rings is 1. The number of carbonyl (C=O) groups is 1. The van der Waals surface area contributed by atoms with Gasteiger partial charge in [-0.05, 0) is 19.9 Å². The van der Waals surface area contributed by atoms with E-state index in [2.05, 4.69) is 24.8 Å². The highest BCUT2D eigenvalue weighted by Gasteiger charge is 2.14. The molecule has 0 spiro atoms. The molecule has 0 saturated carbocycles. The molecule has 22 heavy (non-hydrogen) atoms. The van der Waals surface area contributed by atoms with E-state index in [1.54, 1.807) is 4.68 Å². The highest BCUT2D eigenvalue weighted by atomic mass is 32.3. The van der Waals surface area contributed by atoms with Gasteiger partial charge in [-0.25, -0.2) is 4.68 Å². The Labute approximate surface area is 125 Å². The third-order valence-corrected chi connectivity index (χ3v) is 2.84. The number of hydrogen-bond donors (Lipinski definition) is 1. The second-order valence-corrected chi connectivity index (χ2v) is 5.47. The number of nitrogens with zero attached hydrogens (tertiary/aromatic N) is 4. The molecule has 0 saturated heterocycles. The van der Waals surface area contributed by atoms with Crippen LogP contribution in [0, 0.1) is 0 Å². The van der Waals surface area contributed by atoms with Crippen molar-refractivity contribution in [3.05, 3.63) is 30.2 Å². The van der Waals surface area contributed by atoms with Gasteiger partial charge in [-0.3, -0.25) is 9.78 Å². The molecule has 2 aromatic rings. The smallest absolute Gasteiger partial charge is 0.357 e. The normalized spacial score (nSPS) is 11.5. The predicted molar refractivity (Wildman–Crippen MR) is 73.3 cm³/mol. The average Bonchev–Trinajstić information content (AvgIpc) is 2.85. The lowest BCUT2D eigenvalue weighted by molar-refractivity contribution is 0.102. The molecule has 0 atom stereocenters. The van der Waals surface area contributed by atoms with Gasteiger partial charge in [0, 0.05) is 12.2 Å². The van der Waals surface area contributed by atoms with Crippen molar-refractivity contribution in [3.63, 3.8) is 0 Å². The number of halogens is 1. The van der Waals surface area contributed by atoms with Gasteiger partial charge in [-0.1, -0.05) is 9.10 Å². The number of aromatic nitrogens is 4. The van der Waals surface area contributed by atoms with Crippen LogP contribution >= 0.6 is 0 Å². The maximum absolute atomic E-state index is 12.4. The summed E-state index contributed by atoms with van der Waals surface area (Å²) in [4.78, 5) is 15.6. The monoisotopic (exact) mass is 329 g/mol. The van der Waals surface area contributed by atoms with Crippen LogP contribution in [-0.4, -0.2) is 34.3 Å². The lowest BCUT2D eigenvalue weighted by Crippen LogP contribution is -2.13. The lowest BCUT2D eigenvalue weighted by atomic mass is 10.2. The predicted octanol–water partition coefficient (Wildman–Crippen LogP) is 1.10. The van der Waals surface area contributed by atoms with E-state index in [4.69, 9.17) is 0 Å². The minimum atomic E-state index is -5.18. The maximum Gasteiger partial charge on any atom is 0.488 e. The van der Waals surface area contributed by atoms with Crippen LogP contribution in [0.4, 0.5) is 9.70 Å². The molecule has 2 aromatic heterocycles. The number of hydrogen-bond acceptors (Lipinski definition) is 7. The highest BCUT2D eigenvalue weighted by molar-refractivity contribution is 7.81. The van der Waals surface area contributed by atoms with Gasteiger partial charge < -0.3 is 9.50 Å². The molecule has 0 aliphatic carbocycles. The molecular weight excluding hydrogens is 317 g/mol. The van der Waals surface area contributed by atoms with Crippen LogP contribution in [0.1, 0.15) is 30.2 Å². The standard InChI is InChI=1S/C11H12FN5O4S/c1-7(2)17-6-10(15-16-17)14-11(18)8-3-9(5-13-4-8)21-22(12,19)20/h3-7H,1-2H3,(H,14,18). The molecular formula is C11H12FN5O4S. The van der Waals surface area contributed by atoms with Gasteiger partial charge in [0.25, 0.3) is 5.91 Å². The topological polar surface area (TPSA) is 116 Å². The Kier molecular flexibility index (Phi) is 4.35. The number of amides is 1. The summed E-state index contributed by atoms with van der Waals surface area (Å²) in [6, 6.07) is 1.11. The van der Waals surface area contributed by atoms with Crippen LogP contribution in [0.25, 0.3) is 0 Å². The summed E-state index contributed by atoms with van der Waals surface area (Å²) in [5, 5.41) is 10.0. The first-order valence-electron chi connectivity index (χ1n) is 6.07. The van der Waals surface area contributed by atoms with E-state index in [1.165, 1.54) is 12.4 Å². The molecule has 11 heteroatoms. The van der Waals surface area contributed by atoms with Gasteiger partial charge in [0.05, 0.1) is 18.0 Å². The van der Waals surface area contributed by atoms with Crippen LogP contribution in [-0.2, 0) is 10.5 Å². The first-order valence-corrected chi connectivity index (χ1v) is 7.38. The van der Waals surface area contributed by atoms with Crippen molar-refractivity contribution >= 4 is 22.2 Å². The fraction of sp³-hybridized carbons (Fsp3) is 0.273. The van der Waals surface area contributed by atoms with Crippen LogP contribution in [0.5, 0.6) is 5.75 Å². The molecule has 0 radical (unpaired) electrons. The van der Waals surface area contributed by atoms with Crippen molar-refractivity contribution in [2.45, 2.75) is 19.9 Å². The van der Waals surface area contributed by atoms with Crippen molar-refractivity contribution in [2.75, 3.05) is 5.32 Å². The van der Waals surface area contributed by atoms with Crippen LogP contribution in [0.3, 0.4) is 0 Å². The van der Waals surface area contributed by atoms with E-state index >= 15 is 0 Å². The van der Waals surface area contributed by atoms with E-state index in [0.717, 1.165) is 12.3 Å². The molecule has 0 unspecified atom stereocenters. The molecule has 0 bridgehead atoms. The minimum Gasteiger partial charge on any atom is -0.357 e. The van der Waals surface area contributed by atoms with Crippen molar-refractivity contribution in [1.82, 2.24) is 20.0 Å². The molecule has 118 valence electrons. The molecule has 1 amide bonds. The molecule has 0 aliphatic heterocycles. The average molecular weight is 329 g/mol. The van der Waals surface area contributed by atoms with Crippen LogP contribution in [0.15, 0.2) is 24.7 Å². The summed E-state index contributed by atoms with van der Waals surface area (Å²) in [6.07, 6.45) is 3.66. The van der Waals surface area contributed by atoms with Crippen molar-refractivity contribution < 1.29 is 21.3 Å². The van der Waals surface area contributed by atoms with E-state index < -0.39 is 22.2 Å². The zero-order chi connectivity index (χ0) is 16.3. The van der Waals surface area contributed by atoms with Gasteiger partial charge in [-0.15, -0.1) is 5.10 Å². The van der Waals surface area contributed by atoms with E-state index in [-0.39, 0.29) is 17.4 Å². The Morgan fingerprint density at radius 2 is 2.14 bits per heavy atom. The fourth-order valence-electron chi connectivity index (χ4n) is 1.48. The van der Waals surface area contributed by atoms with Crippen LogP contribution < -0.4 is 9.50 Å². The largest absolute Gasteiger partial charge is 0.488 e. The Bertz CT molecular complexity index is 789. The molecule has 0 fully saturated rings. The van der Waals surface area contributed by atoms with Gasteiger partial charge in [-0.2, -0.15) is 8.42 Å². The number of carbonyl (C=O) groups excluding carboxylic acids is 1. The third-order valence-electron chi connectivity index (χ3n) is 2.45. The minimum absolute atomic E-state index is 0.0275. The number of nitrogens with one attached hydrogen (secondary N) is 1. The fourth-order valence-corrected chi connectivity index (χ4v) is 1.80. The quantitative estimate of drug-likeness (QED) is 0.816. The van der Waals surface area contributed by atoms with Gasteiger partial charge >= 0.3 is 10.5 Å². The summed E-state index contributed by atoms with van der Waals surface area (Å²) in [7, 11) is -5.18. The highest BCUT2D eigenvalue weighted by Crippen LogP contribution is 2.15. The van der Waals surface area contributed by atoms with Gasteiger partial charge in [0.15, 0.2) is 11.6 Å². The Morgan fingerprint density at radius 1 is 1.41 bits per heavy atom. The summed E-state index contributed by atoms with van der Waals surface area (Å²) in [5.41, 5.74) is -0.0275. The SMILES string of the molecule is CC(C)n1cc(NC(=O)c2cncc(OS(=O)(=O)F)c2)nn1. The lowest BCUT2D eigenvalue weighted by Gasteiger charge is -2.04. The van der Waals surface area contributed by atoms with Gasteiger partial charge in [0.2, 0.25) is 0 Å². The van der Waals surface area contributed by atoms with Crippen LogP contribution in [0.2, 0.25) is 0 Å². The Balaban J connectivity index is 2.13. The number of anilines is 1. The third kappa shape index (κ3) is 4.22. The van der Waals surface area contributed by atoms with E-state index in [1.807, 2.05) is 13.8 Å². The molecule has 2 rings (SSSR count). The van der Waals surface area contributed by atoms with E-state index in [0.29, 0.717) is 0 Å². The summed E-state index contributed by atoms with van der Waals surface area (Å²) in [6.45, 7) is 3.78. The van der Waals surface area contributed by atoms with E-state index in [9.17, 15) is 17.1 Å². The zero-order valence-electron chi connectivity index (χ0n) is 11.6. The first-order chi connectivity index (χ1) is 10.2.